The number of carbonyl (C=O) groups is 2. The number of nitrogens with one attached hydrogen (secondary N) is 1. The molecule has 9 heteroatoms. The molecule has 2 amide bonds. The van der Waals surface area contributed by atoms with Gasteiger partial charge >= 0.3 is 0 Å². The number of hydrogen-bond donors (Lipinski definition) is 1. The Bertz CT molecular complexity index is 1600. The van der Waals surface area contributed by atoms with Crippen molar-refractivity contribution < 1.29 is 18.0 Å². The average molecular weight is 618 g/mol. The first kappa shape index (κ1) is 31.9. The van der Waals surface area contributed by atoms with E-state index in [9.17, 15) is 18.0 Å². The maximum atomic E-state index is 14.1. The Balaban J connectivity index is 1.67. The second-order valence-electron chi connectivity index (χ2n) is 10.6. The van der Waals surface area contributed by atoms with E-state index in [1.54, 1.807) is 24.3 Å². The van der Waals surface area contributed by atoms with Crippen LogP contribution < -0.4 is 5.32 Å². The molecular weight excluding hydrogens is 582 g/mol. The summed E-state index contributed by atoms with van der Waals surface area (Å²) in [7, 11) is -3.76. The molecule has 0 aliphatic rings. The van der Waals surface area contributed by atoms with Gasteiger partial charge in [-0.05, 0) is 41.3 Å². The molecule has 224 valence electrons. The largest absolute Gasteiger partial charge is 0.350 e. The monoisotopic (exact) mass is 617 g/mol. The molecule has 1 atom stereocenters. The van der Waals surface area contributed by atoms with Crippen LogP contribution in [0.25, 0.3) is 0 Å². The Hall–Kier alpha value is -3.98. The topological polar surface area (TPSA) is 86.8 Å². The van der Waals surface area contributed by atoms with Gasteiger partial charge in [0.25, 0.3) is 0 Å². The SMILES string of the molecule is Cc1ccc(CNC(=O)C(Cc2ccccc2)N(Cc2ccc(Cl)cc2)C(=O)CN(Cc2ccccc2)S(C)(=O)=O)cc1. The number of benzene rings is 4. The van der Waals surface area contributed by atoms with Crippen molar-refractivity contribution in [2.75, 3.05) is 12.8 Å². The van der Waals surface area contributed by atoms with Gasteiger partial charge in [-0.2, -0.15) is 4.31 Å². The fraction of sp³-hybridized carbons (Fsp3) is 0.235. The van der Waals surface area contributed by atoms with Gasteiger partial charge in [-0.25, -0.2) is 8.42 Å². The van der Waals surface area contributed by atoms with Crippen molar-refractivity contribution in [3.63, 3.8) is 0 Å². The Labute approximate surface area is 259 Å². The van der Waals surface area contributed by atoms with E-state index >= 15 is 0 Å². The summed E-state index contributed by atoms with van der Waals surface area (Å²) in [4.78, 5) is 29.5. The third-order valence-electron chi connectivity index (χ3n) is 7.11. The van der Waals surface area contributed by atoms with E-state index < -0.39 is 28.5 Å². The smallest absolute Gasteiger partial charge is 0.243 e. The van der Waals surface area contributed by atoms with Crippen LogP contribution in [0, 0.1) is 6.92 Å². The second-order valence-corrected chi connectivity index (χ2v) is 13.0. The lowest BCUT2D eigenvalue weighted by Gasteiger charge is -2.33. The number of halogens is 1. The van der Waals surface area contributed by atoms with Crippen LogP contribution in [0.4, 0.5) is 0 Å². The minimum absolute atomic E-state index is 0.0309. The third-order valence-corrected chi connectivity index (χ3v) is 8.56. The highest BCUT2D eigenvalue weighted by atomic mass is 35.5. The zero-order valence-corrected chi connectivity index (χ0v) is 25.9. The molecule has 0 bridgehead atoms. The van der Waals surface area contributed by atoms with Gasteiger partial charge in [0.2, 0.25) is 21.8 Å². The van der Waals surface area contributed by atoms with Crippen molar-refractivity contribution >= 4 is 33.4 Å². The first-order chi connectivity index (χ1) is 20.6. The Morgan fingerprint density at radius 3 is 1.86 bits per heavy atom. The van der Waals surface area contributed by atoms with Gasteiger partial charge in [-0.3, -0.25) is 9.59 Å². The van der Waals surface area contributed by atoms with Crippen molar-refractivity contribution in [3.05, 3.63) is 142 Å². The third kappa shape index (κ3) is 9.78. The fourth-order valence-electron chi connectivity index (χ4n) is 4.67. The van der Waals surface area contributed by atoms with Gasteiger partial charge in [0.1, 0.15) is 6.04 Å². The number of hydrogen-bond acceptors (Lipinski definition) is 4. The summed E-state index contributed by atoms with van der Waals surface area (Å²) in [6, 6.07) is 32.6. The first-order valence-corrected chi connectivity index (χ1v) is 16.2. The Morgan fingerprint density at radius 2 is 1.28 bits per heavy atom. The molecule has 0 aliphatic carbocycles. The van der Waals surface area contributed by atoms with Gasteiger partial charge < -0.3 is 10.2 Å². The molecule has 0 radical (unpaired) electrons. The molecule has 43 heavy (non-hydrogen) atoms. The van der Waals surface area contributed by atoms with Crippen LogP contribution in [0.1, 0.15) is 27.8 Å². The molecule has 0 fully saturated rings. The molecule has 4 rings (SSSR count). The number of aryl methyl sites for hydroxylation is 1. The number of sulfonamides is 1. The van der Waals surface area contributed by atoms with E-state index in [4.69, 9.17) is 11.6 Å². The van der Waals surface area contributed by atoms with Crippen molar-refractivity contribution in [3.8, 4) is 0 Å². The molecule has 0 aromatic heterocycles. The molecule has 0 saturated heterocycles. The lowest BCUT2D eigenvalue weighted by atomic mass is 10.0. The number of amides is 2. The Kier molecular flexibility index (Phi) is 11.1. The zero-order chi connectivity index (χ0) is 30.8. The molecule has 4 aromatic carbocycles. The zero-order valence-electron chi connectivity index (χ0n) is 24.3. The summed E-state index contributed by atoms with van der Waals surface area (Å²) in [5.41, 5.74) is 4.43. The van der Waals surface area contributed by atoms with Crippen LogP contribution in [0.3, 0.4) is 0 Å². The molecule has 0 heterocycles. The summed E-state index contributed by atoms with van der Waals surface area (Å²) in [6.07, 6.45) is 1.33. The maximum absolute atomic E-state index is 14.1. The lowest BCUT2D eigenvalue weighted by Crippen LogP contribution is -2.53. The second kappa shape index (κ2) is 15.0. The molecule has 1 unspecified atom stereocenters. The molecule has 1 N–H and O–H groups in total. The van der Waals surface area contributed by atoms with E-state index in [1.807, 2.05) is 91.9 Å². The van der Waals surface area contributed by atoms with E-state index in [0.29, 0.717) is 5.02 Å². The molecular formula is C34H36ClN3O4S. The average Bonchev–Trinajstić information content (AvgIpc) is 2.99. The summed E-state index contributed by atoms with van der Waals surface area (Å²) >= 11 is 6.12. The van der Waals surface area contributed by atoms with Crippen molar-refractivity contribution in [2.24, 2.45) is 0 Å². The molecule has 0 saturated carbocycles. The predicted octanol–water partition coefficient (Wildman–Crippen LogP) is 5.37. The van der Waals surface area contributed by atoms with Gasteiger partial charge in [0.15, 0.2) is 0 Å². The van der Waals surface area contributed by atoms with Gasteiger partial charge in [0, 0.05) is 31.1 Å². The maximum Gasteiger partial charge on any atom is 0.243 e. The van der Waals surface area contributed by atoms with Crippen LogP contribution in [0.2, 0.25) is 5.02 Å². The van der Waals surface area contributed by atoms with Crippen LogP contribution in [0.15, 0.2) is 109 Å². The summed E-state index contributed by atoms with van der Waals surface area (Å²) in [5.74, 6) is -0.816. The van der Waals surface area contributed by atoms with Crippen molar-refractivity contribution in [1.29, 1.82) is 0 Å². The quantitative estimate of drug-likeness (QED) is 0.219. The molecule has 0 spiro atoms. The summed E-state index contributed by atoms with van der Waals surface area (Å²) in [5, 5.41) is 3.55. The van der Waals surface area contributed by atoms with Crippen molar-refractivity contribution in [1.82, 2.24) is 14.5 Å². The standard InChI is InChI=1S/C34H36ClN3O4S/c1-26-13-15-28(16-14-26)22-36-34(40)32(21-27-9-5-3-6-10-27)38(24-30-17-19-31(35)20-18-30)33(39)25-37(43(2,41)42)23-29-11-7-4-8-12-29/h3-20,32H,21-25H2,1-2H3,(H,36,40). The van der Waals surface area contributed by atoms with Gasteiger partial charge in [0.05, 0.1) is 12.8 Å². The number of nitrogens with zero attached hydrogens (tertiary/aromatic N) is 2. The first-order valence-electron chi connectivity index (χ1n) is 14.0. The van der Waals surface area contributed by atoms with Gasteiger partial charge in [-0.15, -0.1) is 0 Å². The molecule has 0 aliphatic heterocycles. The minimum Gasteiger partial charge on any atom is -0.350 e. The molecule has 4 aromatic rings. The highest BCUT2D eigenvalue weighted by Gasteiger charge is 2.33. The van der Waals surface area contributed by atoms with E-state index in [-0.39, 0.29) is 32.0 Å². The van der Waals surface area contributed by atoms with Gasteiger partial charge in [-0.1, -0.05) is 114 Å². The van der Waals surface area contributed by atoms with Crippen molar-refractivity contribution in [2.45, 2.75) is 39.0 Å². The normalized spacial score (nSPS) is 12.1. The fourth-order valence-corrected chi connectivity index (χ4v) is 5.53. The van der Waals surface area contributed by atoms with Crippen LogP contribution in [-0.4, -0.2) is 48.3 Å². The van der Waals surface area contributed by atoms with E-state index in [0.717, 1.165) is 38.4 Å². The lowest BCUT2D eigenvalue weighted by molar-refractivity contribution is -0.141. The highest BCUT2D eigenvalue weighted by Crippen LogP contribution is 2.19. The van der Waals surface area contributed by atoms with E-state index in [2.05, 4.69) is 5.32 Å². The number of carbonyl (C=O) groups excluding carboxylic acids is 2. The van der Waals surface area contributed by atoms with Crippen LogP contribution in [0.5, 0.6) is 0 Å². The van der Waals surface area contributed by atoms with E-state index in [1.165, 1.54) is 4.90 Å². The highest BCUT2D eigenvalue weighted by molar-refractivity contribution is 7.88. The minimum atomic E-state index is -3.76. The summed E-state index contributed by atoms with van der Waals surface area (Å²) < 4.78 is 26.8. The Morgan fingerprint density at radius 1 is 0.744 bits per heavy atom. The van der Waals surface area contributed by atoms with Crippen LogP contribution >= 0.6 is 11.6 Å². The number of rotatable bonds is 13. The summed E-state index contributed by atoms with van der Waals surface area (Å²) in [6.45, 7) is 1.99. The predicted molar refractivity (Wildman–Crippen MR) is 171 cm³/mol. The van der Waals surface area contributed by atoms with Crippen LogP contribution in [-0.2, 0) is 45.7 Å². The molecule has 7 nitrogen and oxygen atoms in total.